The summed E-state index contributed by atoms with van der Waals surface area (Å²) in [6.45, 7) is 4.82. The first-order valence-electron chi connectivity index (χ1n) is 5.55. The second-order valence-corrected chi connectivity index (χ2v) is 5.55. The van der Waals surface area contributed by atoms with Crippen LogP contribution in [-0.4, -0.2) is 19.0 Å². The van der Waals surface area contributed by atoms with Crippen LogP contribution in [0.3, 0.4) is 0 Å². The maximum absolute atomic E-state index is 11.5. The number of hydrogen-bond acceptors (Lipinski definition) is 2. The molecule has 18 heavy (non-hydrogen) atoms. The highest BCUT2D eigenvalue weighted by molar-refractivity contribution is 6.41. The molecule has 0 bridgehead atoms. The molecule has 2 N–H and O–H groups in total. The molecule has 1 rings (SSSR count). The Kier molecular flexibility index (Phi) is 6.06. The predicted octanol–water partition coefficient (Wildman–Crippen LogP) is 3.83. The molecule has 1 aromatic carbocycles. The summed E-state index contributed by atoms with van der Waals surface area (Å²) >= 11 is 17.8. The number of nitrogens with one attached hydrogen (secondary N) is 2. The minimum Gasteiger partial charge on any atom is -0.374 e. The van der Waals surface area contributed by atoms with Gasteiger partial charge in [-0.15, -0.1) is 0 Å². The number of rotatable bonds is 5. The summed E-state index contributed by atoms with van der Waals surface area (Å²) in [4.78, 5) is 11.5. The third-order valence-corrected chi connectivity index (χ3v) is 2.95. The van der Waals surface area contributed by atoms with Crippen molar-refractivity contribution in [3.8, 4) is 0 Å². The molecule has 0 aliphatic heterocycles. The molecule has 0 unspecified atom stereocenters. The molecule has 0 aromatic heterocycles. The van der Waals surface area contributed by atoms with Crippen molar-refractivity contribution in [2.24, 2.45) is 5.92 Å². The number of halogens is 3. The minimum absolute atomic E-state index is 0.106. The Bertz CT molecular complexity index is 412. The fraction of sp³-hybridized carbons (Fsp3) is 0.417. The average Bonchev–Trinajstić information content (AvgIpc) is 2.24. The summed E-state index contributed by atoms with van der Waals surface area (Å²) in [5.74, 6) is 0.308. The highest BCUT2D eigenvalue weighted by atomic mass is 35.5. The van der Waals surface area contributed by atoms with Crippen LogP contribution in [0.1, 0.15) is 13.8 Å². The predicted molar refractivity (Wildman–Crippen MR) is 77.8 cm³/mol. The topological polar surface area (TPSA) is 41.1 Å². The van der Waals surface area contributed by atoms with Gasteiger partial charge in [-0.2, -0.15) is 0 Å². The van der Waals surface area contributed by atoms with E-state index < -0.39 is 0 Å². The molecule has 0 heterocycles. The molecule has 0 radical (unpaired) electrons. The van der Waals surface area contributed by atoms with Crippen LogP contribution in [0.15, 0.2) is 12.1 Å². The molecule has 0 aliphatic carbocycles. The van der Waals surface area contributed by atoms with Gasteiger partial charge in [-0.3, -0.25) is 4.79 Å². The molecule has 0 aliphatic rings. The van der Waals surface area contributed by atoms with Crippen LogP contribution in [-0.2, 0) is 4.79 Å². The highest BCUT2D eigenvalue weighted by Gasteiger charge is 2.09. The Labute approximate surface area is 122 Å². The van der Waals surface area contributed by atoms with E-state index in [1.807, 2.05) is 13.8 Å². The monoisotopic (exact) mass is 308 g/mol. The van der Waals surface area contributed by atoms with Crippen LogP contribution in [0.2, 0.25) is 15.1 Å². The molecule has 0 atom stereocenters. The third-order valence-electron chi connectivity index (χ3n) is 2.14. The standard InChI is InChI=1S/C12H15Cl3N2O/c1-7(2)5-16-11(18)6-17-12-9(14)3-8(13)4-10(12)15/h3-4,7,17H,5-6H2,1-2H3,(H,16,18). The zero-order chi connectivity index (χ0) is 13.7. The first-order valence-corrected chi connectivity index (χ1v) is 6.68. The van der Waals surface area contributed by atoms with Crippen molar-refractivity contribution in [1.82, 2.24) is 5.32 Å². The molecule has 6 heteroatoms. The first kappa shape index (κ1) is 15.4. The van der Waals surface area contributed by atoms with Crippen molar-refractivity contribution in [2.45, 2.75) is 13.8 Å². The van der Waals surface area contributed by atoms with Crippen LogP contribution in [0.5, 0.6) is 0 Å². The van der Waals surface area contributed by atoms with Gasteiger partial charge in [-0.05, 0) is 18.1 Å². The maximum atomic E-state index is 11.5. The van der Waals surface area contributed by atoms with E-state index in [1.165, 1.54) is 0 Å². The Balaban J connectivity index is 2.56. The summed E-state index contributed by atoms with van der Waals surface area (Å²) in [6, 6.07) is 3.15. The molecule has 1 amide bonds. The number of benzene rings is 1. The van der Waals surface area contributed by atoms with Crippen molar-refractivity contribution in [2.75, 3.05) is 18.4 Å². The van der Waals surface area contributed by atoms with Gasteiger partial charge >= 0.3 is 0 Å². The number of amides is 1. The van der Waals surface area contributed by atoms with Crippen molar-refractivity contribution < 1.29 is 4.79 Å². The maximum Gasteiger partial charge on any atom is 0.239 e. The van der Waals surface area contributed by atoms with E-state index in [-0.39, 0.29) is 12.5 Å². The second-order valence-electron chi connectivity index (χ2n) is 4.30. The molecule has 3 nitrogen and oxygen atoms in total. The van der Waals surface area contributed by atoms with Gasteiger partial charge in [0.1, 0.15) is 0 Å². The second kappa shape index (κ2) is 7.07. The lowest BCUT2D eigenvalue weighted by Crippen LogP contribution is -2.32. The largest absolute Gasteiger partial charge is 0.374 e. The molecule has 0 fully saturated rings. The minimum atomic E-state index is -0.106. The van der Waals surface area contributed by atoms with Gasteiger partial charge < -0.3 is 10.6 Å². The van der Waals surface area contributed by atoms with Crippen molar-refractivity contribution in [3.63, 3.8) is 0 Å². The molecule has 0 saturated carbocycles. The van der Waals surface area contributed by atoms with Crippen molar-refractivity contribution >= 4 is 46.4 Å². The summed E-state index contributed by atoms with van der Waals surface area (Å²) in [7, 11) is 0. The number of anilines is 1. The Morgan fingerprint density at radius 1 is 1.22 bits per heavy atom. The van der Waals surface area contributed by atoms with E-state index >= 15 is 0 Å². The molecule has 0 saturated heterocycles. The van der Waals surface area contributed by atoms with E-state index in [1.54, 1.807) is 12.1 Å². The fourth-order valence-corrected chi connectivity index (χ4v) is 2.21. The van der Waals surface area contributed by atoms with Gasteiger partial charge in [0.15, 0.2) is 0 Å². The normalized spacial score (nSPS) is 10.6. The van der Waals surface area contributed by atoms with Gasteiger partial charge in [0.25, 0.3) is 0 Å². The molecular formula is C12H15Cl3N2O. The zero-order valence-corrected chi connectivity index (χ0v) is 12.5. The van der Waals surface area contributed by atoms with Gasteiger partial charge in [0.2, 0.25) is 5.91 Å². The van der Waals surface area contributed by atoms with E-state index in [0.29, 0.717) is 33.2 Å². The lowest BCUT2D eigenvalue weighted by Gasteiger charge is -2.12. The molecular weight excluding hydrogens is 295 g/mol. The Morgan fingerprint density at radius 3 is 2.28 bits per heavy atom. The molecule has 100 valence electrons. The summed E-state index contributed by atoms with van der Waals surface area (Å²) in [6.07, 6.45) is 0. The zero-order valence-electron chi connectivity index (χ0n) is 10.2. The number of hydrogen-bond donors (Lipinski definition) is 2. The molecule has 0 spiro atoms. The van der Waals surface area contributed by atoms with E-state index in [2.05, 4.69) is 10.6 Å². The molecule has 1 aromatic rings. The summed E-state index contributed by atoms with van der Waals surface area (Å²) in [5.41, 5.74) is 0.516. The van der Waals surface area contributed by atoms with E-state index in [0.717, 1.165) is 0 Å². The van der Waals surface area contributed by atoms with Gasteiger partial charge in [0.05, 0.1) is 22.3 Å². The summed E-state index contributed by atoms with van der Waals surface area (Å²) in [5, 5.41) is 6.93. The van der Waals surface area contributed by atoms with Crippen molar-refractivity contribution in [3.05, 3.63) is 27.2 Å². The van der Waals surface area contributed by atoms with E-state index in [9.17, 15) is 4.79 Å². The smallest absolute Gasteiger partial charge is 0.239 e. The fourth-order valence-electron chi connectivity index (χ4n) is 1.26. The van der Waals surface area contributed by atoms with Crippen LogP contribution in [0.25, 0.3) is 0 Å². The number of carbonyl (C=O) groups excluding carboxylic acids is 1. The Hall–Kier alpha value is -0.640. The quantitative estimate of drug-likeness (QED) is 0.868. The lowest BCUT2D eigenvalue weighted by atomic mass is 10.2. The van der Waals surface area contributed by atoms with Gasteiger partial charge in [0, 0.05) is 11.6 Å². The summed E-state index contributed by atoms with van der Waals surface area (Å²) < 4.78 is 0. The van der Waals surface area contributed by atoms with Crippen LogP contribution in [0.4, 0.5) is 5.69 Å². The highest BCUT2D eigenvalue weighted by Crippen LogP contribution is 2.33. The van der Waals surface area contributed by atoms with Crippen molar-refractivity contribution in [1.29, 1.82) is 0 Å². The van der Waals surface area contributed by atoms with E-state index in [4.69, 9.17) is 34.8 Å². The van der Waals surface area contributed by atoms with Crippen LogP contribution >= 0.6 is 34.8 Å². The van der Waals surface area contributed by atoms with Gasteiger partial charge in [-0.1, -0.05) is 48.7 Å². The first-order chi connectivity index (χ1) is 8.40. The van der Waals surface area contributed by atoms with Crippen LogP contribution < -0.4 is 10.6 Å². The number of carbonyl (C=O) groups is 1. The Morgan fingerprint density at radius 2 is 1.78 bits per heavy atom. The van der Waals surface area contributed by atoms with Crippen LogP contribution in [0, 0.1) is 5.92 Å². The average molecular weight is 310 g/mol. The third kappa shape index (κ3) is 4.92. The van der Waals surface area contributed by atoms with Gasteiger partial charge in [-0.25, -0.2) is 0 Å². The lowest BCUT2D eigenvalue weighted by molar-refractivity contribution is -0.119. The SMILES string of the molecule is CC(C)CNC(=O)CNc1c(Cl)cc(Cl)cc1Cl.